The molecule has 0 saturated heterocycles. The summed E-state index contributed by atoms with van der Waals surface area (Å²) in [5, 5.41) is 0. The fourth-order valence-corrected chi connectivity index (χ4v) is 0. The Morgan fingerprint density at radius 3 is 1.20 bits per heavy atom. The predicted molar refractivity (Wildman–Crippen MR) is 2.06 cm³/mol. The van der Waals surface area contributed by atoms with Crippen molar-refractivity contribution in [1.29, 1.82) is 0 Å². The summed E-state index contributed by atoms with van der Waals surface area (Å²) in [4.78, 5) is 0. The Labute approximate surface area is 63.8 Å². The van der Waals surface area contributed by atoms with Gasteiger partial charge >= 0.3 is 64.9 Å². The van der Waals surface area contributed by atoms with Crippen LogP contribution in [-0.4, -0.2) is 0 Å². The minimum atomic E-state index is -2.00. The normalized spacial score (nSPS) is 2.80. The van der Waals surface area contributed by atoms with Crippen LogP contribution in [0.5, 0.6) is 0 Å². The molecule has 0 saturated carbocycles. The topological polar surface area (TPSA) is 51.2 Å². The first-order chi connectivity index (χ1) is 2.41. The second-order valence-electron chi connectivity index (χ2n) is 0.0833. The van der Waals surface area contributed by atoms with Crippen molar-refractivity contribution in [2.24, 2.45) is 0 Å². The zero-order valence-corrected chi connectivity index (χ0v) is 7.90. The van der Waals surface area contributed by atoms with Gasteiger partial charge in [-0.05, 0) is 0 Å². The zero-order valence-electron chi connectivity index (χ0n) is 2.22. The molecule has 0 spiro atoms. The minimum absolute atomic E-state index is 0.0918. The fourth-order valence-electron chi connectivity index (χ4n) is 0. The quantitative estimate of drug-likeness (QED) is 0.571. The van der Waals surface area contributed by atoms with Crippen molar-refractivity contribution in [3.05, 3.63) is 0 Å². The van der Waals surface area contributed by atoms with E-state index in [0.717, 1.165) is 0 Å². The van der Waals surface area contributed by atoms with Crippen LogP contribution in [0.1, 0.15) is 0 Å². The van der Waals surface area contributed by atoms with Gasteiger partial charge in [0.1, 0.15) is 0 Å². The fraction of sp³-hybridized carbons (Fsp3) is 0. The van der Waals surface area contributed by atoms with E-state index < -0.39 is 19.1 Å². The molecule has 0 heterocycles. The van der Waals surface area contributed by atoms with Crippen molar-refractivity contribution in [3.63, 3.8) is 0 Å². The molecule has 0 aliphatic heterocycles. The monoisotopic (exact) mass is 328 g/mol. The Bertz CT molecular complexity index is 36.2. The molecule has 0 unspecified atom stereocenters. The van der Waals surface area contributed by atoms with E-state index >= 15 is 0 Å². The van der Waals surface area contributed by atoms with E-state index in [4.69, 9.17) is 7.81 Å². The van der Waals surface area contributed by atoms with Crippen LogP contribution >= 0.6 is 0 Å². The van der Waals surface area contributed by atoms with Crippen LogP contribution < -0.4 is 0 Å². The molecule has 0 rings (SSSR count). The summed E-state index contributed by atoms with van der Waals surface area (Å²) in [6.07, 6.45) is 0. The van der Waals surface area contributed by atoms with E-state index in [2.05, 4.69) is 0 Å². The van der Waals surface area contributed by atoms with Crippen LogP contribution in [0, 0.1) is 38.0 Å². The molecular weight excluding hydrogens is 328 g/mol. The Balaban J connectivity index is 0. The van der Waals surface area contributed by atoms with E-state index in [1.54, 1.807) is 0 Å². The van der Waals surface area contributed by atoms with Gasteiger partial charge in [-0.25, -0.2) is 0 Å². The summed E-state index contributed by atoms with van der Waals surface area (Å²) in [5.41, 5.74) is 0. The van der Waals surface area contributed by atoms with Crippen LogP contribution in [0.15, 0.2) is 0 Å². The van der Waals surface area contributed by atoms with Crippen molar-refractivity contribution in [2.75, 3.05) is 0 Å². The first-order valence-electron chi connectivity index (χ1n) is 0.612. The second kappa shape index (κ2) is 18.0. The molecule has 0 bridgehead atoms. The molecule has 0 radical (unpaired) electrons. The van der Waals surface area contributed by atoms with Crippen LogP contribution in [0.4, 0.5) is 0 Å². The van der Waals surface area contributed by atoms with Crippen molar-refractivity contribution < 1.29 is 64.9 Å². The molecule has 0 fully saturated rings. The average molecular weight is 328 g/mol. The molecule has 0 N–H and O–H groups in total. The second-order valence-corrected chi connectivity index (χ2v) is 0.344. The third kappa shape index (κ3) is 31.1. The van der Waals surface area contributed by atoms with Gasteiger partial charge in [-0.2, -0.15) is 0 Å². The molecule has 5 heavy (non-hydrogen) atoms. The Kier molecular flexibility index (Phi) is 34.8. The van der Waals surface area contributed by atoms with Crippen molar-refractivity contribution in [1.82, 2.24) is 0 Å². The molecule has 5 heteroatoms. The molecule has 26 valence electrons. The van der Waals surface area contributed by atoms with Crippen molar-refractivity contribution in [3.8, 4) is 0 Å². The van der Waals surface area contributed by atoms with E-state index in [9.17, 15) is 0 Å². The van der Waals surface area contributed by atoms with Gasteiger partial charge in [-0.15, -0.1) is 0 Å². The number of rotatable bonds is 0. The summed E-state index contributed by atoms with van der Waals surface area (Å²) in [6.45, 7) is 0. The summed E-state index contributed by atoms with van der Waals surface area (Å²) >= 11 is -2.09. The van der Waals surface area contributed by atoms with E-state index in [-0.39, 0.29) is 38.0 Å². The molecular formula is O3ThTi. The molecule has 0 amide bonds. The molecule has 0 atom stereocenters. The molecule has 0 aromatic rings. The number of hydrogen-bond donors (Lipinski definition) is 0. The van der Waals surface area contributed by atoms with Crippen LogP contribution in [0.25, 0.3) is 0 Å². The molecule has 0 aromatic heterocycles. The van der Waals surface area contributed by atoms with E-state index in [0.29, 0.717) is 0 Å². The van der Waals surface area contributed by atoms with Crippen molar-refractivity contribution >= 4 is 0 Å². The maximum atomic E-state index is 8.50. The van der Waals surface area contributed by atoms with Crippen molar-refractivity contribution in [2.45, 2.75) is 0 Å². The molecule has 0 aliphatic rings. The van der Waals surface area contributed by atoms with E-state index in [1.165, 1.54) is 0 Å². The summed E-state index contributed by atoms with van der Waals surface area (Å²) < 4.78 is 25.4. The average Bonchev–Trinajstić information content (AvgIpc) is 1.46. The molecule has 3 nitrogen and oxygen atoms in total. The molecule has 0 aliphatic carbocycles. The van der Waals surface area contributed by atoms with Gasteiger partial charge < -0.3 is 0 Å². The third-order valence-electron chi connectivity index (χ3n) is 0. The van der Waals surface area contributed by atoms with E-state index in [1.807, 2.05) is 0 Å². The van der Waals surface area contributed by atoms with Gasteiger partial charge in [0.25, 0.3) is 0 Å². The standard InChI is InChI=1S/3O.Th.Ti. The van der Waals surface area contributed by atoms with Crippen LogP contribution in [0.3, 0.4) is 0 Å². The van der Waals surface area contributed by atoms with Crippen LogP contribution in [-0.2, 0) is 26.9 Å². The van der Waals surface area contributed by atoms with Gasteiger partial charge in [-0.1, -0.05) is 0 Å². The third-order valence-corrected chi connectivity index (χ3v) is 0. The van der Waals surface area contributed by atoms with Crippen LogP contribution in [0.2, 0.25) is 0 Å². The number of hydrogen-bond acceptors (Lipinski definition) is 3. The van der Waals surface area contributed by atoms with Gasteiger partial charge in [0, 0.05) is 0 Å². The predicted octanol–water partition coefficient (Wildman–Crippen LogP) is -0.359. The van der Waals surface area contributed by atoms with Gasteiger partial charge in [0.2, 0.25) is 0 Å². The van der Waals surface area contributed by atoms with Gasteiger partial charge in [-0.3, -0.25) is 0 Å². The Hall–Kier alpha value is 1.44. The molecule has 0 aromatic carbocycles. The van der Waals surface area contributed by atoms with Gasteiger partial charge in [0.05, 0.1) is 0 Å². The SMILES string of the molecule is [O]=[Th].[O]=[Ti]=[O]. The summed E-state index contributed by atoms with van der Waals surface area (Å²) in [6, 6.07) is 0. The first kappa shape index (κ1) is 9.67. The summed E-state index contributed by atoms with van der Waals surface area (Å²) in [7, 11) is 0. The Morgan fingerprint density at radius 2 is 1.20 bits per heavy atom. The zero-order chi connectivity index (χ0) is 4.71. The first-order valence-corrected chi connectivity index (χ1v) is 3.57. The Morgan fingerprint density at radius 1 is 1.20 bits per heavy atom. The summed E-state index contributed by atoms with van der Waals surface area (Å²) in [5.74, 6) is 0. The van der Waals surface area contributed by atoms with Gasteiger partial charge in [0.15, 0.2) is 0 Å². The maximum absolute atomic E-state index is 8.50.